The van der Waals surface area contributed by atoms with Crippen molar-refractivity contribution in [2.24, 2.45) is 0 Å². The summed E-state index contributed by atoms with van der Waals surface area (Å²) in [4.78, 5) is 44.8. The number of hydrogen-bond donors (Lipinski definition) is 2. The Morgan fingerprint density at radius 2 is 0.977 bits per heavy atom. The Morgan fingerprint density at radius 3 is 1.21 bits per heavy atom. The summed E-state index contributed by atoms with van der Waals surface area (Å²) >= 11 is 0. The molecule has 2 aromatic carbocycles. The molecule has 2 rings (SSSR count). The van der Waals surface area contributed by atoms with Crippen LogP contribution in [0.2, 0.25) is 0 Å². The number of ketones is 2. The molecule has 0 aliphatic carbocycles. The molecule has 2 N–H and O–H groups in total. The van der Waals surface area contributed by atoms with Crippen molar-refractivity contribution in [1.29, 1.82) is 0 Å². The SMILES string of the molecule is CCOC(=O)/C(C(C)=O)=C(/O)c1cccc(S(=O)(=O)F)c1.CCOC(=O)/C(C(C)=O)=C(\O)c1cccc(S(=O)(=O)F)c1.[Cu]. The van der Waals surface area contributed by atoms with Crippen molar-refractivity contribution in [3.05, 3.63) is 70.8 Å². The molecule has 0 amide bonds. The minimum atomic E-state index is -4.97. The van der Waals surface area contributed by atoms with Crippen LogP contribution in [0.15, 0.2) is 69.5 Å². The fraction of sp³-hybridized carbons (Fsp3) is 0.231. The molecule has 0 heterocycles. The van der Waals surface area contributed by atoms with Gasteiger partial charge in [0.05, 0.1) is 23.0 Å². The van der Waals surface area contributed by atoms with Gasteiger partial charge in [0.2, 0.25) is 0 Å². The molecule has 0 fully saturated rings. The number of aliphatic hydroxyl groups excluding tert-OH is 2. The van der Waals surface area contributed by atoms with E-state index in [-0.39, 0.29) is 41.4 Å². The van der Waals surface area contributed by atoms with Gasteiger partial charge in [0, 0.05) is 28.2 Å². The van der Waals surface area contributed by atoms with Gasteiger partial charge >= 0.3 is 32.4 Å². The zero-order valence-corrected chi connectivity index (χ0v) is 25.5. The monoisotopic (exact) mass is 695 g/mol. The van der Waals surface area contributed by atoms with Crippen molar-refractivity contribution in [2.75, 3.05) is 13.2 Å². The third-order valence-corrected chi connectivity index (χ3v) is 6.55. The molecule has 0 aliphatic heterocycles. The summed E-state index contributed by atoms with van der Waals surface area (Å²) in [6.07, 6.45) is 0. The summed E-state index contributed by atoms with van der Waals surface area (Å²) in [6, 6.07) is 8.37. The molecule has 1 radical (unpaired) electrons. The zero-order valence-electron chi connectivity index (χ0n) is 22.9. The Hall–Kier alpha value is -3.92. The van der Waals surface area contributed by atoms with Gasteiger partial charge in [0.15, 0.2) is 11.6 Å². The summed E-state index contributed by atoms with van der Waals surface area (Å²) in [6.45, 7) is 5.09. The molecule has 0 bridgehead atoms. The predicted molar refractivity (Wildman–Crippen MR) is 143 cm³/mol. The van der Waals surface area contributed by atoms with E-state index in [1.165, 1.54) is 38.1 Å². The fourth-order valence-electron chi connectivity index (χ4n) is 3.10. The van der Waals surface area contributed by atoms with Crippen LogP contribution in [0, 0.1) is 0 Å². The average Bonchev–Trinajstić information content (AvgIpc) is 2.88. The van der Waals surface area contributed by atoms with E-state index in [1.807, 2.05) is 0 Å². The summed E-state index contributed by atoms with van der Waals surface area (Å²) < 4.78 is 78.4. The molecule has 0 saturated heterocycles. The van der Waals surface area contributed by atoms with Crippen LogP contribution in [0.5, 0.6) is 0 Å². The number of carbonyl (C=O) groups is 4. The largest absolute Gasteiger partial charge is 0.506 e. The standard InChI is InChI=1S/2C13H13FO6S.Cu/c2*1-3-20-13(17)11(8(2)15)12(16)9-5-4-6-10(7-9)21(14,18)19;/h2*4-7,16H,3H2,1-2H3;/b12-11+;12-11-;. The number of Topliss-reactive ketones (excluding diaryl/α,β-unsaturated/α-hetero) is 2. The molecule has 2 aromatic rings. The van der Waals surface area contributed by atoms with Gasteiger partial charge < -0.3 is 19.7 Å². The molecule has 239 valence electrons. The van der Waals surface area contributed by atoms with Gasteiger partial charge in [-0.1, -0.05) is 24.3 Å². The molecule has 0 spiro atoms. The maximum absolute atomic E-state index is 12.9. The van der Waals surface area contributed by atoms with Gasteiger partial charge in [0.25, 0.3) is 0 Å². The predicted octanol–water partition coefficient (Wildman–Crippen LogP) is 3.53. The molecule has 43 heavy (non-hydrogen) atoms. The van der Waals surface area contributed by atoms with Crippen molar-refractivity contribution in [1.82, 2.24) is 0 Å². The Morgan fingerprint density at radius 1 is 0.674 bits per heavy atom. The van der Waals surface area contributed by atoms with Crippen molar-refractivity contribution < 1.29 is 80.5 Å². The van der Waals surface area contributed by atoms with Gasteiger partial charge in [-0.15, -0.1) is 7.77 Å². The smallest absolute Gasteiger partial charge is 0.345 e. The minimum Gasteiger partial charge on any atom is -0.506 e. The summed E-state index contributed by atoms with van der Waals surface area (Å²) in [7, 11) is -9.94. The second-order valence-corrected chi connectivity index (χ2v) is 10.6. The minimum absolute atomic E-state index is 0. The maximum Gasteiger partial charge on any atom is 0.345 e. The summed E-state index contributed by atoms with van der Waals surface area (Å²) in [5.74, 6) is -5.16. The number of benzene rings is 2. The average molecular weight is 696 g/mol. The van der Waals surface area contributed by atoms with E-state index in [4.69, 9.17) is 0 Å². The second kappa shape index (κ2) is 16.6. The van der Waals surface area contributed by atoms with Crippen LogP contribution in [0.4, 0.5) is 7.77 Å². The maximum atomic E-state index is 12.9. The second-order valence-electron chi connectivity index (χ2n) is 7.93. The van der Waals surface area contributed by atoms with E-state index < -0.39 is 76.4 Å². The molecular formula is C26H26CuF2O12S2. The van der Waals surface area contributed by atoms with Crippen molar-refractivity contribution in [2.45, 2.75) is 37.5 Å². The molecule has 0 saturated carbocycles. The Balaban J connectivity index is 0.000000802. The number of halogens is 2. The number of rotatable bonds is 10. The molecule has 0 atom stereocenters. The number of esters is 2. The molecule has 0 aromatic heterocycles. The van der Waals surface area contributed by atoms with E-state index in [0.717, 1.165) is 38.1 Å². The fourth-order valence-corrected chi connectivity index (χ4v) is 4.12. The summed E-state index contributed by atoms with van der Waals surface area (Å²) in [5, 5.41) is 20.0. The van der Waals surface area contributed by atoms with Gasteiger partial charge in [-0.05, 0) is 52.0 Å². The van der Waals surface area contributed by atoms with E-state index in [0.29, 0.717) is 0 Å². The van der Waals surface area contributed by atoms with Crippen LogP contribution >= 0.6 is 0 Å². The van der Waals surface area contributed by atoms with Gasteiger partial charge in [-0.25, -0.2) is 9.59 Å². The van der Waals surface area contributed by atoms with E-state index in [9.17, 15) is 54.0 Å². The Bertz CT molecular complexity index is 1540. The van der Waals surface area contributed by atoms with Crippen LogP contribution in [-0.2, 0) is 66.2 Å². The van der Waals surface area contributed by atoms with Gasteiger partial charge in [0.1, 0.15) is 22.7 Å². The van der Waals surface area contributed by atoms with Gasteiger partial charge in [-0.2, -0.15) is 16.8 Å². The third-order valence-electron chi connectivity index (χ3n) is 4.91. The first-order chi connectivity index (χ1) is 19.4. The van der Waals surface area contributed by atoms with Gasteiger partial charge in [-0.3, -0.25) is 9.59 Å². The number of hydrogen-bond acceptors (Lipinski definition) is 12. The molecule has 12 nitrogen and oxygen atoms in total. The van der Waals surface area contributed by atoms with Crippen LogP contribution in [0.25, 0.3) is 11.5 Å². The van der Waals surface area contributed by atoms with E-state index in [1.54, 1.807) is 0 Å². The first-order valence-electron chi connectivity index (χ1n) is 11.7. The zero-order chi connectivity index (χ0) is 32.4. The molecule has 0 unspecified atom stereocenters. The third kappa shape index (κ3) is 11.4. The van der Waals surface area contributed by atoms with E-state index in [2.05, 4.69) is 9.47 Å². The van der Waals surface area contributed by atoms with Crippen LogP contribution in [-0.4, -0.2) is 63.8 Å². The Labute approximate surface area is 256 Å². The summed E-state index contributed by atoms with van der Waals surface area (Å²) in [5.41, 5.74) is -1.64. The van der Waals surface area contributed by atoms with Crippen molar-refractivity contribution in [3.63, 3.8) is 0 Å². The van der Waals surface area contributed by atoms with Crippen molar-refractivity contribution >= 4 is 55.5 Å². The number of aliphatic hydroxyl groups is 2. The first-order valence-corrected chi connectivity index (χ1v) is 14.5. The van der Waals surface area contributed by atoms with E-state index >= 15 is 0 Å². The normalized spacial score (nSPS) is 12.2. The van der Waals surface area contributed by atoms with Crippen LogP contribution in [0.1, 0.15) is 38.8 Å². The van der Waals surface area contributed by atoms with Crippen LogP contribution in [0.3, 0.4) is 0 Å². The molecule has 17 heteroatoms. The molecule has 0 aliphatic rings. The number of ether oxygens (including phenoxy) is 2. The Kier molecular flexibility index (Phi) is 15.1. The quantitative estimate of drug-likeness (QED) is 0.0699. The van der Waals surface area contributed by atoms with Crippen LogP contribution < -0.4 is 0 Å². The first kappa shape index (κ1) is 39.1. The number of carbonyl (C=O) groups excluding carboxylic acids is 4. The van der Waals surface area contributed by atoms with Crippen molar-refractivity contribution in [3.8, 4) is 0 Å². The topological polar surface area (TPSA) is 195 Å². The molecular weight excluding hydrogens is 670 g/mol.